The molecule has 1 atom stereocenters. The topological polar surface area (TPSA) is 78.5 Å². The number of amides is 3. The lowest BCUT2D eigenvalue weighted by molar-refractivity contribution is -0.122. The minimum absolute atomic E-state index is 0.0425. The van der Waals surface area contributed by atoms with Crippen LogP contribution in [0, 0.1) is 18.7 Å². The van der Waals surface area contributed by atoms with Crippen molar-refractivity contribution < 1.29 is 18.8 Å². The van der Waals surface area contributed by atoms with E-state index in [0.29, 0.717) is 22.6 Å². The highest BCUT2D eigenvalue weighted by molar-refractivity contribution is 6.07. The van der Waals surface area contributed by atoms with Crippen LogP contribution in [0.1, 0.15) is 22.3 Å². The summed E-state index contributed by atoms with van der Waals surface area (Å²) in [5, 5.41) is 5.51. The van der Waals surface area contributed by atoms with Crippen LogP contribution in [0.15, 0.2) is 72.8 Å². The number of hydrogen-bond acceptors (Lipinski definition) is 3. The van der Waals surface area contributed by atoms with E-state index in [-0.39, 0.29) is 30.7 Å². The molecule has 3 amide bonds. The molecular formula is C25H22FN3O3. The van der Waals surface area contributed by atoms with Crippen molar-refractivity contribution in [3.63, 3.8) is 0 Å². The fourth-order valence-corrected chi connectivity index (χ4v) is 3.68. The van der Waals surface area contributed by atoms with Gasteiger partial charge in [0, 0.05) is 35.6 Å². The maximum absolute atomic E-state index is 13.4. The number of rotatable bonds is 5. The molecule has 0 unspecified atom stereocenters. The summed E-state index contributed by atoms with van der Waals surface area (Å²) in [6.45, 7) is 2.12. The van der Waals surface area contributed by atoms with Crippen molar-refractivity contribution in [3.8, 4) is 0 Å². The van der Waals surface area contributed by atoms with Crippen molar-refractivity contribution >= 4 is 34.8 Å². The van der Waals surface area contributed by atoms with Gasteiger partial charge in [0.15, 0.2) is 0 Å². The van der Waals surface area contributed by atoms with E-state index in [1.165, 1.54) is 23.1 Å². The van der Waals surface area contributed by atoms with Gasteiger partial charge >= 0.3 is 0 Å². The van der Waals surface area contributed by atoms with Crippen LogP contribution in [0.3, 0.4) is 0 Å². The number of anilines is 3. The Morgan fingerprint density at radius 1 is 0.938 bits per heavy atom. The fourth-order valence-electron chi connectivity index (χ4n) is 3.68. The number of nitrogens with one attached hydrogen (secondary N) is 2. The fraction of sp³-hybridized carbons (Fsp3) is 0.160. The van der Waals surface area contributed by atoms with Gasteiger partial charge in [0.25, 0.3) is 5.91 Å². The molecule has 1 heterocycles. The Morgan fingerprint density at radius 3 is 2.41 bits per heavy atom. The van der Waals surface area contributed by atoms with Gasteiger partial charge in [-0.25, -0.2) is 4.39 Å². The van der Waals surface area contributed by atoms with Crippen LogP contribution < -0.4 is 15.5 Å². The van der Waals surface area contributed by atoms with Crippen molar-refractivity contribution in [2.45, 2.75) is 13.3 Å². The molecule has 0 spiro atoms. The number of benzene rings is 3. The zero-order valence-corrected chi connectivity index (χ0v) is 17.5. The molecule has 0 radical (unpaired) electrons. The summed E-state index contributed by atoms with van der Waals surface area (Å²) in [7, 11) is 0. The second kappa shape index (κ2) is 9.01. The van der Waals surface area contributed by atoms with Crippen LogP contribution >= 0.6 is 0 Å². The third kappa shape index (κ3) is 4.83. The van der Waals surface area contributed by atoms with Gasteiger partial charge in [0.2, 0.25) is 11.8 Å². The van der Waals surface area contributed by atoms with Crippen LogP contribution in [0.5, 0.6) is 0 Å². The molecule has 2 N–H and O–H groups in total. The monoisotopic (exact) mass is 431 g/mol. The van der Waals surface area contributed by atoms with Gasteiger partial charge in [-0.15, -0.1) is 0 Å². The number of nitrogens with zero attached hydrogens (tertiary/aromatic N) is 1. The molecule has 0 bridgehead atoms. The molecule has 0 aromatic heterocycles. The molecule has 3 aromatic rings. The average molecular weight is 431 g/mol. The Balaban J connectivity index is 1.45. The lowest BCUT2D eigenvalue weighted by atomic mass is 10.1. The summed E-state index contributed by atoms with van der Waals surface area (Å²) in [4.78, 5) is 39.3. The van der Waals surface area contributed by atoms with E-state index in [4.69, 9.17) is 0 Å². The van der Waals surface area contributed by atoms with Crippen molar-refractivity contribution in [2.75, 3.05) is 22.1 Å². The summed E-state index contributed by atoms with van der Waals surface area (Å²) in [6, 6.07) is 19.8. The standard InChI is InChI=1S/C25H22FN3O3/c1-16-5-2-8-20(11-16)27-24(31)17-6-3-10-22(12-17)29-15-18(13-23(29)30)25(32)28-21-9-4-7-19(26)14-21/h2-12,14,18H,13,15H2,1H3,(H,27,31)(H,28,32)/t18-/m0/s1. The van der Waals surface area contributed by atoms with E-state index in [0.717, 1.165) is 5.56 Å². The first-order valence-electron chi connectivity index (χ1n) is 10.2. The van der Waals surface area contributed by atoms with Crippen molar-refractivity contribution in [1.82, 2.24) is 0 Å². The minimum Gasteiger partial charge on any atom is -0.326 e. The second-order valence-electron chi connectivity index (χ2n) is 7.78. The molecule has 7 heteroatoms. The smallest absolute Gasteiger partial charge is 0.255 e. The number of carbonyl (C=O) groups is 3. The van der Waals surface area contributed by atoms with Gasteiger partial charge in [0.05, 0.1) is 5.92 Å². The highest BCUT2D eigenvalue weighted by atomic mass is 19.1. The molecule has 0 aliphatic carbocycles. The van der Waals surface area contributed by atoms with E-state index in [2.05, 4.69) is 10.6 Å². The van der Waals surface area contributed by atoms with E-state index in [9.17, 15) is 18.8 Å². The number of aryl methyl sites for hydroxylation is 1. The molecule has 1 fully saturated rings. The zero-order chi connectivity index (χ0) is 22.7. The molecule has 1 aliphatic heterocycles. The van der Waals surface area contributed by atoms with Crippen LogP contribution in [-0.2, 0) is 9.59 Å². The number of hydrogen-bond donors (Lipinski definition) is 2. The molecule has 4 rings (SSSR count). The molecule has 32 heavy (non-hydrogen) atoms. The zero-order valence-electron chi connectivity index (χ0n) is 17.5. The van der Waals surface area contributed by atoms with E-state index < -0.39 is 11.7 Å². The maximum atomic E-state index is 13.4. The van der Waals surface area contributed by atoms with Crippen LogP contribution in [0.4, 0.5) is 21.5 Å². The minimum atomic E-state index is -0.574. The van der Waals surface area contributed by atoms with Gasteiger partial charge in [-0.2, -0.15) is 0 Å². The van der Waals surface area contributed by atoms with Crippen LogP contribution in [-0.4, -0.2) is 24.3 Å². The van der Waals surface area contributed by atoms with Crippen molar-refractivity contribution in [2.24, 2.45) is 5.92 Å². The highest BCUT2D eigenvalue weighted by Gasteiger charge is 2.35. The molecule has 1 saturated heterocycles. The van der Waals surface area contributed by atoms with Gasteiger partial charge in [0.1, 0.15) is 5.82 Å². The molecule has 3 aromatic carbocycles. The molecule has 162 valence electrons. The largest absolute Gasteiger partial charge is 0.326 e. The summed E-state index contributed by atoms with van der Waals surface area (Å²) in [6.07, 6.45) is 0.0425. The van der Waals surface area contributed by atoms with Gasteiger partial charge in [-0.05, 0) is 61.0 Å². The molecule has 1 aliphatic rings. The van der Waals surface area contributed by atoms with Gasteiger partial charge in [-0.1, -0.05) is 24.3 Å². The van der Waals surface area contributed by atoms with Gasteiger partial charge in [-0.3, -0.25) is 14.4 Å². The van der Waals surface area contributed by atoms with E-state index in [1.807, 2.05) is 25.1 Å². The Bertz CT molecular complexity index is 1190. The lowest BCUT2D eigenvalue weighted by Crippen LogP contribution is -2.28. The molecule has 0 saturated carbocycles. The highest BCUT2D eigenvalue weighted by Crippen LogP contribution is 2.27. The Kier molecular flexibility index (Phi) is 5.98. The Labute approximate surface area is 185 Å². The third-order valence-electron chi connectivity index (χ3n) is 5.28. The van der Waals surface area contributed by atoms with Gasteiger partial charge < -0.3 is 15.5 Å². The van der Waals surface area contributed by atoms with Crippen molar-refractivity contribution in [1.29, 1.82) is 0 Å². The lowest BCUT2D eigenvalue weighted by Gasteiger charge is -2.18. The quantitative estimate of drug-likeness (QED) is 0.629. The Hall–Kier alpha value is -4.00. The van der Waals surface area contributed by atoms with E-state index >= 15 is 0 Å². The van der Waals surface area contributed by atoms with Crippen LogP contribution in [0.2, 0.25) is 0 Å². The summed E-state index contributed by atoms with van der Waals surface area (Å²) in [5.41, 5.74) is 3.02. The predicted octanol–water partition coefficient (Wildman–Crippen LogP) is 4.38. The summed E-state index contributed by atoms with van der Waals surface area (Å²) in [5.74, 6) is -1.87. The predicted molar refractivity (Wildman–Crippen MR) is 121 cm³/mol. The molecular weight excluding hydrogens is 409 g/mol. The summed E-state index contributed by atoms with van der Waals surface area (Å²) >= 11 is 0. The first-order valence-corrected chi connectivity index (χ1v) is 10.2. The average Bonchev–Trinajstić information content (AvgIpc) is 3.16. The normalized spacial score (nSPS) is 15.5. The maximum Gasteiger partial charge on any atom is 0.255 e. The first kappa shape index (κ1) is 21.2. The number of halogens is 1. The third-order valence-corrected chi connectivity index (χ3v) is 5.28. The summed E-state index contributed by atoms with van der Waals surface area (Å²) < 4.78 is 13.4. The SMILES string of the molecule is Cc1cccc(NC(=O)c2cccc(N3C[C@@H](C(=O)Nc4cccc(F)c4)CC3=O)c2)c1. The van der Waals surface area contributed by atoms with E-state index in [1.54, 1.807) is 36.4 Å². The first-order chi connectivity index (χ1) is 15.4. The number of carbonyl (C=O) groups excluding carboxylic acids is 3. The van der Waals surface area contributed by atoms with Crippen molar-refractivity contribution in [3.05, 3.63) is 89.7 Å². The van der Waals surface area contributed by atoms with Crippen LogP contribution in [0.25, 0.3) is 0 Å². The molecule has 6 nitrogen and oxygen atoms in total. The second-order valence-corrected chi connectivity index (χ2v) is 7.78. The Morgan fingerprint density at radius 2 is 1.66 bits per heavy atom.